The second-order valence-electron chi connectivity index (χ2n) is 5.81. The summed E-state index contributed by atoms with van der Waals surface area (Å²) < 4.78 is 26.2. The number of sulfonamides is 1. The van der Waals surface area contributed by atoms with Gasteiger partial charge in [-0.05, 0) is 44.0 Å². The van der Waals surface area contributed by atoms with Gasteiger partial charge in [0.15, 0.2) is 0 Å². The molecule has 1 aromatic rings. The van der Waals surface area contributed by atoms with Crippen molar-refractivity contribution in [3.63, 3.8) is 0 Å². The molecule has 21 heavy (non-hydrogen) atoms. The molecule has 3 N–H and O–H groups in total. The molecule has 1 aliphatic rings. The summed E-state index contributed by atoms with van der Waals surface area (Å²) in [5.74, 6) is 0.674. The van der Waals surface area contributed by atoms with E-state index in [2.05, 4.69) is 9.62 Å². The summed E-state index contributed by atoms with van der Waals surface area (Å²) in [6.07, 6.45) is 6.42. The summed E-state index contributed by atoms with van der Waals surface area (Å²) in [5.41, 5.74) is 7.43. The summed E-state index contributed by atoms with van der Waals surface area (Å²) in [5, 5.41) is 0. The van der Waals surface area contributed by atoms with Gasteiger partial charge in [-0.15, -0.1) is 0 Å². The van der Waals surface area contributed by atoms with E-state index in [1.54, 1.807) is 18.2 Å². The van der Waals surface area contributed by atoms with Crippen molar-refractivity contribution < 1.29 is 8.42 Å². The molecule has 0 spiro atoms. The summed E-state index contributed by atoms with van der Waals surface area (Å²) in [6.45, 7) is 0.924. The number of nitrogens with one attached hydrogen (secondary N) is 1. The summed E-state index contributed by atoms with van der Waals surface area (Å²) in [7, 11) is -0.0403. The largest absolute Gasteiger partial charge is 0.397 e. The minimum Gasteiger partial charge on any atom is -0.397 e. The topological polar surface area (TPSA) is 75.4 Å². The van der Waals surface area contributed by atoms with Gasteiger partial charge in [0.2, 0.25) is 10.0 Å². The maximum atomic E-state index is 11.9. The molecule has 118 valence electrons. The Balaban J connectivity index is 2.19. The van der Waals surface area contributed by atoms with Crippen LogP contribution in [0, 0.1) is 5.92 Å². The first-order valence-corrected chi connectivity index (χ1v) is 8.96. The van der Waals surface area contributed by atoms with E-state index >= 15 is 0 Å². The fourth-order valence-electron chi connectivity index (χ4n) is 2.99. The van der Waals surface area contributed by atoms with Crippen molar-refractivity contribution in [2.45, 2.75) is 37.0 Å². The first kappa shape index (κ1) is 16.1. The molecule has 6 heteroatoms. The van der Waals surface area contributed by atoms with E-state index < -0.39 is 10.0 Å². The molecule has 0 saturated heterocycles. The highest BCUT2D eigenvalue weighted by atomic mass is 32.2. The molecule has 1 fully saturated rings. The van der Waals surface area contributed by atoms with Crippen LogP contribution >= 0.6 is 0 Å². The number of hydrogen-bond donors (Lipinski definition) is 2. The molecule has 5 nitrogen and oxygen atoms in total. The normalized spacial score (nSPS) is 16.9. The minimum absolute atomic E-state index is 0.254. The smallest absolute Gasteiger partial charge is 0.240 e. The third-order valence-electron chi connectivity index (χ3n) is 4.25. The van der Waals surface area contributed by atoms with Gasteiger partial charge in [-0.25, -0.2) is 13.1 Å². The standard InChI is InChI=1S/C15H25N3O2S/c1-17-21(19,20)13-8-9-14(16)15(10-13)18(2)11-12-6-4-3-5-7-12/h8-10,12,17H,3-7,11,16H2,1-2H3. The number of anilines is 2. The Morgan fingerprint density at radius 1 is 1.29 bits per heavy atom. The predicted molar refractivity (Wildman–Crippen MR) is 86.9 cm³/mol. The number of nitrogen functional groups attached to an aromatic ring is 1. The molecule has 0 aromatic heterocycles. The molecule has 0 heterocycles. The van der Waals surface area contributed by atoms with Gasteiger partial charge < -0.3 is 10.6 Å². The number of hydrogen-bond acceptors (Lipinski definition) is 4. The fourth-order valence-corrected chi connectivity index (χ4v) is 3.74. The Hall–Kier alpha value is -1.27. The molecule has 0 radical (unpaired) electrons. The van der Waals surface area contributed by atoms with Crippen molar-refractivity contribution in [3.8, 4) is 0 Å². The lowest BCUT2D eigenvalue weighted by Crippen LogP contribution is -2.28. The molecule has 0 unspecified atom stereocenters. The molecule has 2 rings (SSSR count). The zero-order valence-corrected chi connectivity index (χ0v) is 13.6. The molecule has 0 amide bonds. The van der Waals surface area contributed by atoms with Crippen LogP contribution in [0.3, 0.4) is 0 Å². The summed E-state index contributed by atoms with van der Waals surface area (Å²) in [4.78, 5) is 2.34. The van der Waals surface area contributed by atoms with Gasteiger partial charge in [0.25, 0.3) is 0 Å². The number of nitrogens with two attached hydrogens (primary N) is 1. The number of benzene rings is 1. The van der Waals surface area contributed by atoms with Crippen LogP contribution in [0.2, 0.25) is 0 Å². The van der Waals surface area contributed by atoms with Crippen LogP contribution in [0.5, 0.6) is 0 Å². The number of rotatable bonds is 5. The first-order chi connectivity index (χ1) is 9.94. The monoisotopic (exact) mass is 311 g/mol. The fraction of sp³-hybridized carbons (Fsp3) is 0.600. The van der Waals surface area contributed by atoms with Gasteiger partial charge in [0.1, 0.15) is 0 Å². The summed E-state index contributed by atoms with van der Waals surface area (Å²) in [6, 6.07) is 4.86. The lowest BCUT2D eigenvalue weighted by molar-refractivity contribution is 0.362. The van der Waals surface area contributed by atoms with Crippen LogP contribution in [-0.2, 0) is 10.0 Å². The van der Waals surface area contributed by atoms with Gasteiger partial charge in [-0.1, -0.05) is 19.3 Å². The Labute approximate surface area is 127 Å². The van der Waals surface area contributed by atoms with Crippen molar-refractivity contribution in [3.05, 3.63) is 18.2 Å². The van der Waals surface area contributed by atoms with Crippen LogP contribution in [0.15, 0.2) is 23.1 Å². The summed E-state index contributed by atoms with van der Waals surface area (Å²) >= 11 is 0. The third-order valence-corrected chi connectivity index (χ3v) is 5.66. The molecule has 1 aliphatic carbocycles. The Bertz CT molecular complexity index is 581. The van der Waals surface area contributed by atoms with Crippen molar-refractivity contribution in [2.24, 2.45) is 5.92 Å². The Morgan fingerprint density at radius 3 is 2.57 bits per heavy atom. The minimum atomic E-state index is -3.44. The van der Waals surface area contributed by atoms with Crippen LogP contribution in [0.4, 0.5) is 11.4 Å². The first-order valence-electron chi connectivity index (χ1n) is 7.48. The van der Waals surface area contributed by atoms with E-state index in [0.29, 0.717) is 11.6 Å². The molecule has 0 aliphatic heterocycles. The van der Waals surface area contributed by atoms with E-state index in [1.807, 2.05) is 7.05 Å². The maximum absolute atomic E-state index is 11.9. The van der Waals surface area contributed by atoms with Crippen LogP contribution in [-0.4, -0.2) is 29.1 Å². The van der Waals surface area contributed by atoms with Gasteiger partial charge in [-0.3, -0.25) is 0 Å². The van der Waals surface area contributed by atoms with Crippen molar-refractivity contribution >= 4 is 21.4 Å². The van der Waals surface area contributed by atoms with Gasteiger partial charge in [0, 0.05) is 13.6 Å². The highest BCUT2D eigenvalue weighted by Gasteiger charge is 2.19. The van der Waals surface area contributed by atoms with E-state index in [1.165, 1.54) is 39.2 Å². The number of nitrogens with zero attached hydrogens (tertiary/aromatic N) is 1. The maximum Gasteiger partial charge on any atom is 0.240 e. The van der Waals surface area contributed by atoms with E-state index in [0.717, 1.165) is 12.2 Å². The van der Waals surface area contributed by atoms with Crippen LogP contribution in [0.1, 0.15) is 32.1 Å². The second-order valence-corrected chi connectivity index (χ2v) is 7.70. The molecule has 1 aromatic carbocycles. The van der Waals surface area contributed by atoms with Gasteiger partial charge >= 0.3 is 0 Å². The molecule has 1 saturated carbocycles. The quantitative estimate of drug-likeness (QED) is 0.817. The van der Waals surface area contributed by atoms with Crippen molar-refractivity contribution in [1.29, 1.82) is 0 Å². The molecular formula is C15H25N3O2S. The van der Waals surface area contributed by atoms with Gasteiger partial charge in [-0.2, -0.15) is 0 Å². The van der Waals surface area contributed by atoms with Gasteiger partial charge in [0.05, 0.1) is 16.3 Å². The van der Waals surface area contributed by atoms with E-state index in [4.69, 9.17) is 5.73 Å². The molecule has 0 bridgehead atoms. The Morgan fingerprint density at radius 2 is 1.95 bits per heavy atom. The zero-order chi connectivity index (χ0) is 15.5. The predicted octanol–water partition coefficient (Wildman–Crippen LogP) is 2.19. The highest BCUT2D eigenvalue weighted by molar-refractivity contribution is 7.89. The Kier molecular flexibility index (Phi) is 5.11. The third kappa shape index (κ3) is 3.89. The molecule has 0 atom stereocenters. The SMILES string of the molecule is CNS(=O)(=O)c1ccc(N)c(N(C)CC2CCCCC2)c1. The lowest BCUT2D eigenvalue weighted by atomic mass is 9.89. The van der Waals surface area contributed by atoms with Crippen LogP contribution < -0.4 is 15.4 Å². The second kappa shape index (κ2) is 6.66. The van der Waals surface area contributed by atoms with E-state index in [9.17, 15) is 8.42 Å². The van der Waals surface area contributed by atoms with Crippen molar-refractivity contribution in [1.82, 2.24) is 4.72 Å². The van der Waals surface area contributed by atoms with E-state index in [-0.39, 0.29) is 4.90 Å². The lowest BCUT2D eigenvalue weighted by Gasteiger charge is -2.29. The van der Waals surface area contributed by atoms with Crippen molar-refractivity contribution in [2.75, 3.05) is 31.3 Å². The highest BCUT2D eigenvalue weighted by Crippen LogP contribution is 2.29. The van der Waals surface area contributed by atoms with Crippen LogP contribution in [0.25, 0.3) is 0 Å². The molecular weight excluding hydrogens is 286 g/mol. The zero-order valence-electron chi connectivity index (χ0n) is 12.8. The average molecular weight is 311 g/mol. The average Bonchev–Trinajstić information content (AvgIpc) is 2.48.